The number of rotatable bonds is 6. The van der Waals surface area contributed by atoms with Crippen LogP contribution < -0.4 is 4.74 Å². The van der Waals surface area contributed by atoms with Crippen LogP contribution in [0.3, 0.4) is 0 Å². The summed E-state index contributed by atoms with van der Waals surface area (Å²) in [5.41, 5.74) is -0.128. The zero-order valence-electron chi connectivity index (χ0n) is 16.3. The second-order valence-electron chi connectivity index (χ2n) is 8.27. The number of likely N-dealkylation sites (tertiary alicyclic amines) is 2. The van der Waals surface area contributed by atoms with Crippen molar-refractivity contribution in [2.45, 2.75) is 44.6 Å². The molecule has 5 heteroatoms. The molecule has 1 atom stereocenters. The van der Waals surface area contributed by atoms with Crippen molar-refractivity contribution in [2.24, 2.45) is 5.41 Å². The van der Waals surface area contributed by atoms with E-state index in [-0.39, 0.29) is 5.41 Å². The summed E-state index contributed by atoms with van der Waals surface area (Å²) in [5, 5.41) is 0. The fourth-order valence-corrected chi connectivity index (χ4v) is 4.97. The van der Waals surface area contributed by atoms with E-state index in [9.17, 15) is 4.79 Å². The van der Waals surface area contributed by atoms with E-state index in [2.05, 4.69) is 9.80 Å². The molecule has 0 unspecified atom stereocenters. The van der Waals surface area contributed by atoms with Crippen LogP contribution in [0, 0.1) is 5.41 Å². The van der Waals surface area contributed by atoms with Crippen LogP contribution in [0.4, 0.5) is 0 Å². The number of hydrogen-bond donors (Lipinski definition) is 0. The summed E-state index contributed by atoms with van der Waals surface area (Å²) in [6.45, 7) is 6.25. The number of ether oxygens (including phenoxy) is 2. The highest BCUT2D eigenvalue weighted by Crippen LogP contribution is 2.41. The number of carbonyl (C=O) groups excluding carboxylic acids is 1. The summed E-state index contributed by atoms with van der Waals surface area (Å²) < 4.78 is 11.3. The van der Waals surface area contributed by atoms with Crippen molar-refractivity contribution >= 4 is 5.91 Å². The Kier molecular flexibility index (Phi) is 5.98. The number of nitrogens with zero attached hydrogens (tertiary/aromatic N) is 2. The van der Waals surface area contributed by atoms with Crippen LogP contribution >= 0.6 is 0 Å². The summed E-state index contributed by atoms with van der Waals surface area (Å²) in [4.78, 5) is 18.0. The van der Waals surface area contributed by atoms with E-state index in [4.69, 9.17) is 9.47 Å². The Labute approximate surface area is 162 Å². The Hall–Kier alpha value is -1.59. The van der Waals surface area contributed by atoms with Gasteiger partial charge in [0.15, 0.2) is 0 Å². The minimum absolute atomic E-state index is 0.128. The van der Waals surface area contributed by atoms with Gasteiger partial charge in [0.2, 0.25) is 5.91 Å². The molecule has 4 rings (SSSR count). The van der Waals surface area contributed by atoms with Gasteiger partial charge in [0.05, 0.1) is 12.0 Å². The highest BCUT2D eigenvalue weighted by Gasteiger charge is 2.49. The zero-order valence-corrected chi connectivity index (χ0v) is 16.3. The standard InChI is InChI=1S/C22H32N2O3/c25-21-22(10-4-13-24(21)19-8-16-26-17-9-19)11-14-23(18-22)12-5-15-27-20-6-2-1-3-7-20/h1-3,6-7,19H,4-5,8-18H2/t22-/m1/s1. The van der Waals surface area contributed by atoms with Crippen LogP contribution in [0.15, 0.2) is 30.3 Å². The molecule has 1 spiro atoms. The molecule has 3 fully saturated rings. The number of piperidine rings is 1. The Bertz CT molecular complexity index is 617. The van der Waals surface area contributed by atoms with Gasteiger partial charge in [0.1, 0.15) is 5.75 Å². The smallest absolute Gasteiger partial charge is 0.230 e. The van der Waals surface area contributed by atoms with Crippen molar-refractivity contribution in [2.75, 3.05) is 46.0 Å². The molecular formula is C22H32N2O3. The molecule has 1 aromatic carbocycles. The lowest BCUT2D eigenvalue weighted by molar-refractivity contribution is -0.150. The number of carbonyl (C=O) groups is 1. The lowest BCUT2D eigenvalue weighted by atomic mass is 9.77. The lowest BCUT2D eigenvalue weighted by Crippen LogP contribution is -2.54. The number of hydrogen-bond acceptors (Lipinski definition) is 4. The second-order valence-corrected chi connectivity index (χ2v) is 8.27. The summed E-state index contributed by atoms with van der Waals surface area (Å²) in [5.74, 6) is 1.36. The Morgan fingerprint density at radius 3 is 2.74 bits per heavy atom. The molecule has 1 aromatic rings. The summed E-state index contributed by atoms with van der Waals surface area (Å²) in [6, 6.07) is 10.4. The first-order valence-electron chi connectivity index (χ1n) is 10.6. The van der Waals surface area contributed by atoms with Gasteiger partial charge >= 0.3 is 0 Å². The van der Waals surface area contributed by atoms with Gasteiger partial charge in [-0.1, -0.05) is 18.2 Å². The van der Waals surface area contributed by atoms with Gasteiger partial charge in [-0.05, 0) is 57.2 Å². The summed E-state index contributed by atoms with van der Waals surface area (Å²) >= 11 is 0. The minimum atomic E-state index is -0.128. The first-order valence-corrected chi connectivity index (χ1v) is 10.6. The van der Waals surface area contributed by atoms with E-state index in [1.165, 1.54) is 0 Å². The van der Waals surface area contributed by atoms with Gasteiger partial charge < -0.3 is 19.3 Å². The largest absolute Gasteiger partial charge is 0.494 e. The second kappa shape index (κ2) is 8.61. The van der Waals surface area contributed by atoms with Gasteiger partial charge in [-0.3, -0.25) is 4.79 Å². The number of para-hydroxylation sites is 1. The van der Waals surface area contributed by atoms with E-state index in [0.29, 0.717) is 11.9 Å². The molecule has 5 nitrogen and oxygen atoms in total. The molecule has 0 radical (unpaired) electrons. The topological polar surface area (TPSA) is 42.0 Å². The first-order chi connectivity index (χ1) is 13.3. The van der Waals surface area contributed by atoms with Crippen molar-refractivity contribution in [3.05, 3.63) is 30.3 Å². The number of amides is 1. The van der Waals surface area contributed by atoms with E-state index in [1.54, 1.807) is 0 Å². The van der Waals surface area contributed by atoms with E-state index in [1.807, 2.05) is 30.3 Å². The maximum absolute atomic E-state index is 13.3. The molecule has 0 N–H and O–H groups in total. The van der Waals surface area contributed by atoms with Crippen molar-refractivity contribution in [3.8, 4) is 5.75 Å². The van der Waals surface area contributed by atoms with Crippen molar-refractivity contribution in [3.63, 3.8) is 0 Å². The van der Waals surface area contributed by atoms with Gasteiger partial charge in [-0.15, -0.1) is 0 Å². The van der Waals surface area contributed by atoms with Gasteiger partial charge in [0, 0.05) is 38.9 Å². The van der Waals surface area contributed by atoms with Crippen molar-refractivity contribution < 1.29 is 14.3 Å². The van der Waals surface area contributed by atoms with Crippen molar-refractivity contribution in [1.82, 2.24) is 9.80 Å². The fourth-order valence-electron chi connectivity index (χ4n) is 4.97. The third kappa shape index (κ3) is 4.30. The Morgan fingerprint density at radius 2 is 1.93 bits per heavy atom. The van der Waals surface area contributed by atoms with Crippen LogP contribution in [-0.2, 0) is 9.53 Å². The van der Waals surface area contributed by atoms with Crippen LogP contribution in [0.2, 0.25) is 0 Å². The highest BCUT2D eigenvalue weighted by atomic mass is 16.5. The Balaban J connectivity index is 1.26. The molecule has 3 aliphatic rings. The normalized spacial score (nSPS) is 27.4. The fraction of sp³-hybridized carbons (Fsp3) is 0.682. The van der Waals surface area contributed by atoms with E-state index >= 15 is 0 Å². The van der Waals surface area contributed by atoms with Gasteiger partial charge in [-0.2, -0.15) is 0 Å². The first kappa shape index (κ1) is 18.8. The molecule has 148 valence electrons. The molecular weight excluding hydrogens is 340 g/mol. The average molecular weight is 373 g/mol. The average Bonchev–Trinajstić information content (AvgIpc) is 3.13. The van der Waals surface area contributed by atoms with Crippen LogP contribution in [0.5, 0.6) is 5.75 Å². The van der Waals surface area contributed by atoms with E-state index in [0.717, 1.165) is 90.3 Å². The summed E-state index contributed by atoms with van der Waals surface area (Å²) in [6.07, 6.45) is 6.23. The minimum Gasteiger partial charge on any atom is -0.494 e. The third-order valence-corrected chi connectivity index (χ3v) is 6.46. The molecule has 3 heterocycles. The number of benzene rings is 1. The molecule has 0 saturated carbocycles. The predicted octanol–water partition coefficient (Wildman–Crippen LogP) is 2.95. The molecule has 3 aliphatic heterocycles. The molecule has 0 bridgehead atoms. The molecule has 27 heavy (non-hydrogen) atoms. The molecule has 3 saturated heterocycles. The predicted molar refractivity (Wildman–Crippen MR) is 105 cm³/mol. The Morgan fingerprint density at radius 1 is 1.11 bits per heavy atom. The van der Waals surface area contributed by atoms with Crippen LogP contribution in [0.1, 0.15) is 38.5 Å². The third-order valence-electron chi connectivity index (χ3n) is 6.46. The van der Waals surface area contributed by atoms with Gasteiger partial charge in [-0.25, -0.2) is 0 Å². The van der Waals surface area contributed by atoms with Crippen LogP contribution in [0.25, 0.3) is 0 Å². The zero-order chi connectivity index (χ0) is 18.5. The van der Waals surface area contributed by atoms with Crippen molar-refractivity contribution in [1.29, 1.82) is 0 Å². The quantitative estimate of drug-likeness (QED) is 0.720. The maximum atomic E-state index is 13.3. The lowest BCUT2D eigenvalue weighted by Gasteiger charge is -2.44. The summed E-state index contributed by atoms with van der Waals surface area (Å²) in [7, 11) is 0. The monoisotopic (exact) mass is 372 g/mol. The maximum Gasteiger partial charge on any atom is 0.230 e. The van der Waals surface area contributed by atoms with Gasteiger partial charge in [0.25, 0.3) is 0 Å². The molecule has 1 amide bonds. The van der Waals surface area contributed by atoms with E-state index < -0.39 is 0 Å². The highest BCUT2D eigenvalue weighted by molar-refractivity contribution is 5.84. The molecule has 0 aromatic heterocycles. The molecule has 0 aliphatic carbocycles. The van der Waals surface area contributed by atoms with Crippen LogP contribution in [-0.4, -0.2) is 67.7 Å². The SMILES string of the molecule is O=C1N(C2CCOCC2)CCC[C@]12CCN(CCCOc1ccccc1)C2.